The minimum Gasteiger partial charge on any atom is -0.370 e. The largest absolute Gasteiger partial charge is 0.370 e. The number of nitrogens with one attached hydrogen (secondary N) is 2. The van der Waals surface area contributed by atoms with Crippen LogP contribution in [-0.4, -0.2) is 33.9 Å². The van der Waals surface area contributed by atoms with Gasteiger partial charge in [-0.3, -0.25) is 4.79 Å². The first-order chi connectivity index (χ1) is 18.9. The van der Waals surface area contributed by atoms with Crippen molar-refractivity contribution < 1.29 is 4.79 Å². The Morgan fingerprint density at radius 1 is 0.923 bits per heavy atom. The minimum absolute atomic E-state index is 0.00635. The molecule has 1 aliphatic carbocycles. The van der Waals surface area contributed by atoms with Gasteiger partial charge in [0.05, 0.1) is 17.6 Å². The number of amides is 1. The highest BCUT2D eigenvalue weighted by molar-refractivity contribution is 6.04. The van der Waals surface area contributed by atoms with Crippen molar-refractivity contribution in [2.24, 2.45) is 16.5 Å². The molecule has 1 heterocycles. The van der Waals surface area contributed by atoms with E-state index in [0.717, 1.165) is 47.8 Å². The van der Waals surface area contributed by atoms with E-state index in [1.54, 1.807) is 0 Å². The van der Waals surface area contributed by atoms with Crippen LogP contribution in [0.1, 0.15) is 53.0 Å². The van der Waals surface area contributed by atoms with E-state index in [2.05, 4.69) is 31.7 Å². The smallest absolute Gasteiger partial charge is 0.293 e. The first-order valence-electron chi connectivity index (χ1n) is 13.2. The molecule has 198 valence electrons. The lowest BCUT2D eigenvalue weighted by molar-refractivity contribution is 0.101. The van der Waals surface area contributed by atoms with Crippen LogP contribution in [0.2, 0.25) is 0 Å². The first kappa shape index (κ1) is 25.9. The van der Waals surface area contributed by atoms with Crippen molar-refractivity contribution in [1.29, 1.82) is 0 Å². The Balaban J connectivity index is 1.37. The van der Waals surface area contributed by atoms with E-state index in [9.17, 15) is 4.79 Å². The predicted molar refractivity (Wildman–Crippen MR) is 160 cm³/mol. The van der Waals surface area contributed by atoms with E-state index in [0.29, 0.717) is 17.0 Å². The van der Waals surface area contributed by atoms with Gasteiger partial charge in [0.25, 0.3) is 5.91 Å². The van der Waals surface area contributed by atoms with Gasteiger partial charge in [-0.2, -0.15) is 0 Å². The highest BCUT2D eigenvalue weighted by Gasteiger charge is 2.26. The molecule has 0 radical (unpaired) electrons. The summed E-state index contributed by atoms with van der Waals surface area (Å²) in [6, 6.07) is 23.6. The lowest BCUT2D eigenvalue weighted by Crippen LogP contribution is -2.38. The summed E-state index contributed by atoms with van der Waals surface area (Å²) < 4.78 is 0. The van der Waals surface area contributed by atoms with Gasteiger partial charge in [0.15, 0.2) is 5.96 Å². The van der Waals surface area contributed by atoms with E-state index in [1.165, 1.54) is 0 Å². The molecule has 2 atom stereocenters. The Hall–Kier alpha value is -4.72. The van der Waals surface area contributed by atoms with Crippen LogP contribution in [0.4, 0.5) is 11.5 Å². The number of aromatic nitrogens is 2. The Labute approximate surface area is 228 Å². The van der Waals surface area contributed by atoms with Gasteiger partial charge in [-0.1, -0.05) is 79.1 Å². The van der Waals surface area contributed by atoms with Crippen molar-refractivity contribution in [3.63, 3.8) is 0 Å². The maximum atomic E-state index is 13.2. The van der Waals surface area contributed by atoms with E-state index < -0.39 is 0 Å². The first-order valence-corrected chi connectivity index (χ1v) is 13.2. The molecular formula is C31H33N7O. The summed E-state index contributed by atoms with van der Waals surface area (Å²) in [4.78, 5) is 26.9. The molecule has 0 spiro atoms. The molecule has 1 aromatic heterocycles. The van der Waals surface area contributed by atoms with Gasteiger partial charge >= 0.3 is 0 Å². The number of carbonyl (C=O) groups is 1. The SMILES string of the molecule is Cc1ccc2nc(C(=O)Nc3ccc(C=Cc4ccccc4)cc3)nc(N[C@H]3CCCC[C@H]3N=C(N)N)c2c1. The van der Waals surface area contributed by atoms with Gasteiger partial charge in [-0.15, -0.1) is 0 Å². The lowest BCUT2D eigenvalue weighted by atomic mass is 9.90. The molecule has 0 unspecified atom stereocenters. The molecule has 3 aromatic carbocycles. The fourth-order valence-corrected chi connectivity index (χ4v) is 4.88. The molecule has 8 nitrogen and oxygen atoms in total. The fraction of sp³-hybridized carbons (Fsp3) is 0.226. The Bertz CT molecular complexity index is 1510. The van der Waals surface area contributed by atoms with Crippen LogP contribution in [0.15, 0.2) is 77.8 Å². The zero-order valence-electron chi connectivity index (χ0n) is 22.0. The fourth-order valence-electron chi connectivity index (χ4n) is 4.88. The molecule has 0 saturated heterocycles. The van der Waals surface area contributed by atoms with Crippen molar-refractivity contribution in [2.45, 2.75) is 44.7 Å². The molecule has 1 saturated carbocycles. The quantitative estimate of drug-likeness (QED) is 0.148. The van der Waals surface area contributed by atoms with Crippen LogP contribution in [0.5, 0.6) is 0 Å². The van der Waals surface area contributed by atoms with E-state index in [4.69, 9.17) is 11.5 Å². The summed E-state index contributed by atoms with van der Waals surface area (Å²) in [5.41, 5.74) is 16.0. The van der Waals surface area contributed by atoms with Gasteiger partial charge < -0.3 is 22.1 Å². The number of nitrogens with zero attached hydrogens (tertiary/aromatic N) is 3. The van der Waals surface area contributed by atoms with Crippen LogP contribution >= 0.6 is 0 Å². The third-order valence-electron chi connectivity index (χ3n) is 6.86. The number of rotatable bonds is 7. The summed E-state index contributed by atoms with van der Waals surface area (Å²) >= 11 is 0. The molecule has 1 aliphatic rings. The zero-order chi connectivity index (χ0) is 27.2. The predicted octanol–water partition coefficient (Wildman–Crippen LogP) is 5.36. The Kier molecular flexibility index (Phi) is 7.82. The van der Waals surface area contributed by atoms with Gasteiger partial charge in [-0.05, 0) is 55.2 Å². The van der Waals surface area contributed by atoms with Crippen LogP contribution in [0.25, 0.3) is 23.1 Å². The Morgan fingerprint density at radius 2 is 1.64 bits per heavy atom. The number of aliphatic imine (C=N–C) groups is 1. The summed E-state index contributed by atoms with van der Waals surface area (Å²) in [5, 5.41) is 7.33. The molecule has 8 heteroatoms. The summed E-state index contributed by atoms with van der Waals surface area (Å²) in [5.74, 6) is 0.408. The summed E-state index contributed by atoms with van der Waals surface area (Å²) in [6.07, 6.45) is 8.02. The van der Waals surface area contributed by atoms with Crippen LogP contribution in [0.3, 0.4) is 0 Å². The number of benzene rings is 3. The number of hydrogen-bond acceptors (Lipinski definition) is 5. The minimum atomic E-state index is -0.377. The number of aryl methyl sites for hydroxylation is 1. The van der Waals surface area contributed by atoms with Crippen molar-refractivity contribution in [2.75, 3.05) is 10.6 Å². The number of anilines is 2. The van der Waals surface area contributed by atoms with E-state index in [1.807, 2.05) is 85.8 Å². The lowest BCUT2D eigenvalue weighted by Gasteiger charge is -2.30. The number of guanidine groups is 1. The molecule has 4 aromatic rings. The summed E-state index contributed by atoms with van der Waals surface area (Å²) in [6.45, 7) is 2.02. The highest BCUT2D eigenvalue weighted by Crippen LogP contribution is 2.28. The van der Waals surface area contributed by atoms with Crippen molar-refractivity contribution in [3.05, 3.63) is 95.3 Å². The van der Waals surface area contributed by atoms with E-state index in [-0.39, 0.29) is 29.8 Å². The van der Waals surface area contributed by atoms with Crippen molar-refractivity contribution in [3.8, 4) is 0 Å². The highest BCUT2D eigenvalue weighted by atomic mass is 16.2. The molecule has 5 rings (SSSR count). The third kappa shape index (κ3) is 6.59. The average molecular weight is 520 g/mol. The molecule has 6 N–H and O–H groups in total. The maximum Gasteiger partial charge on any atom is 0.293 e. The topological polar surface area (TPSA) is 131 Å². The average Bonchev–Trinajstić information content (AvgIpc) is 2.94. The Morgan fingerprint density at radius 3 is 2.38 bits per heavy atom. The van der Waals surface area contributed by atoms with E-state index >= 15 is 0 Å². The summed E-state index contributed by atoms with van der Waals surface area (Å²) in [7, 11) is 0. The van der Waals surface area contributed by atoms with Crippen LogP contribution < -0.4 is 22.1 Å². The third-order valence-corrected chi connectivity index (χ3v) is 6.86. The van der Waals surface area contributed by atoms with Crippen molar-refractivity contribution in [1.82, 2.24) is 9.97 Å². The normalized spacial score (nSPS) is 17.2. The van der Waals surface area contributed by atoms with Crippen LogP contribution in [0, 0.1) is 6.92 Å². The second-order valence-corrected chi connectivity index (χ2v) is 9.89. The van der Waals surface area contributed by atoms with Gasteiger partial charge in [0.2, 0.25) is 5.82 Å². The number of nitrogens with two attached hydrogens (primary N) is 2. The monoisotopic (exact) mass is 519 g/mol. The number of hydrogen-bond donors (Lipinski definition) is 4. The molecule has 0 aliphatic heterocycles. The van der Waals surface area contributed by atoms with Crippen LogP contribution in [-0.2, 0) is 0 Å². The van der Waals surface area contributed by atoms with Gasteiger partial charge in [0, 0.05) is 11.1 Å². The number of fused-ring (bicyclic) bond motifs is 1. The molecule has 1 fully saturated rings. The molecule has 39 heavy (non-hydrogen) atoms. The number of carbonyl (C=O) groups excluding carboxylic acids is 1. The van der Waals surface area contributed by atoms with Gasteiger partial charge in [0.1, 0.15) is 5.82 Å². The maximum absolute atomic E-state index is 13.2. The zero-order valence-corrected chi connectivity index (χ0v) is 22.0. The van der Waals surface area contributed by atoms with Crippen molar-refractivity contribution >= 4 is 46.4 Å². The molecule has 0 bridgehead atoms. The second-order valence-electron chi connectivity index (χ2n) is 9.89. The molecule has 1 amide bonds. The second kappa shape index (κ2) is 11.8. The standard InChI is InChI=1S/C31H33N7O/c1-20-11-18-25-24(19-20)28(36-26-9-5-6-10-27(26)37-31(32)33)38-29(35-25)30(39)34-23-16-14-22(15-17-23)13-12-21-7-3-2-4-8-21/h2-4,7-8,11-19,26-27H,5-6,9-10H2,1H3,(H,34,39)(H4,32,33,37)(H,35,36,38)/t26-,27+/m0/s1. The molecular weight excluding hydrogens is 486 g/mol. The van der Waals surface area contributed by atoms with Gasteiger partial charge in [-0.25, -0.2) is 15.0 Å².